The van der Waals surface area contributed by atoms with Gasteiger partial charge in [0.05, 0.1) is 17.6 Å². The molecule has 0 bridgehead atoms. The predicted molar refractivity (Wildman–Crippen MR) is 83.8 cm³/mol. The van der Waals surface area contributed by atoms with E-state index < -0.39 is 0 Å². The molecule has 0 amide bonds. The normalized spacial score (nSPS) is 11.1. The first-order valence-corrected chi connectivity index (χ1v) is 7.36. The van der Waals surface area contributed by atoms with Gasteiger partial charge in [-0.1, -0.05) is 40.2 Å². The molecule has 3 rings (SSSR count). The predicted octanol–water partition coefficient (Wildman–Crippen LogP) is 3.38. The number of fused-ring (bicyclic) bond motifs is 1. The summed E-state index contributed by atoms with van der Waals surface area (Å²) >= 11 is 3.45. The zero-order valence-electron chi connectivity index (χ0n) is 11.0. The van der Waals surface area contributed by atoms with Gasteiger partial charge in [0.15, 0.2) is 0 Å². The van der Waals surface area contributed by atoms with E-state index in [4.69, 9.17) is 0 Å². The molecule has 3 nitrogen and oxygen atoms in total. The molecule has 4 heteroatoms. The average Bonchev–Trinajstić information content (AvgIpc) is 2.80. The Morgan fingerprint density at radius 3 is 2.55 bits per heavy atom. The highest BCUT2D eigenvalue weighted by atomic mass is 79.9. The summed E-state index contributed by atoms with van der Waals surface area (Å²) in [6.45, 7) is 0.882. The fraction of sp³-hybridized carbons (Fsp3) is 0.188. The van der Waals surface area contributed by atoms with E-state index in [1.54, 1.807) is 0 Å². The number of para-hydroxylation sites is 2. The SMILES string of the molecule is OCCc1nc2ccccc2n1Cc1ccc(Br)cc1. The van der Waals surface area contributed by atoms with E-state index in [1.807, 2.05) is 30.3 Å². The summed E-state index contributed by atoms with van der Waals surface area (Å²) in [5, 5.41) is 9.21. The molecule has 102 valence electrons. The minimum absolute atomic E-state index is 0.115. The van der Waals surface area contributed by atoms with E-state index in [2.05, 4.69) is 43.7 Å². The van der Waals surface area contributed by atoms with Crippen LogP contribution in [0.15, 0.2) is 53.0 Å². The van der Waals surface area contributed by atoms with Crippen molar-refractivity contribution in [2.75, 3.05) is 6.61 Å². The maximum Gasteiger partial charge on any atom is 0.112 e. The van der Waals surface area contributed by atoms with Crippen molar-refractivity contribution in [1.29, 1.82) is 0 Å². The first-order chi connectivity index (χ1) is 9.78. The molecule has 0 radical (unpaired) electrons. The van der Waals surface area contributed by atoms with Gasteiger partial charge in [-0.05, 0) is 29.8 Å². The van der Waals surface area contributed by atoms with Crippen LogP contribution in [0.3, 0.4) is 0 Å². The third-order valence-electron chi connectivity index (χ3n) is 3.32. The minimum Gasteiger partial charge on any atom is -0.396 e. The maximum absolute atomic E-state index is 9.21. The van der Waals surface area contributed by atoms with E-state index in [1.165, 1.54) is 5.56 Å². The first-order valence-electron chi connectivity index (χ1n) is 6.57. The molecule has 1 N–H and O–H groups in total. The maximum atomic E-state index is 9.21. The molecule has 1 heterocycles. The van der Waals surface area contributed by atoms with Gasteiger partial charge < -0.3 is 9.67 Å². The number of benzene rings is 2. The number of imidazole rings is 1. The van der Waals surface area contributed by atoms with Crippen LogP contribution >= 0.6 is 15.9 Å². The van der Waals surface area contributed by atoms with Crippen LogP contribution in [0.1, 0.15) is 11.4 Å². The van der Waals surface area contributed by atoms with Crippen molar-refractivity contribution in [3.63, 3.8) is 0 Å². The van der Waals surface area contributed by atoms with Crippen molar-refractivity contribution in [3.8, 4) is 0 Å². The van der Waals surface area contributed by atoms with Crippen molar-refractivity contribution in [1.82, 2.24) is 9.55 Å². The van der Waals surface area contributed by atoms with Crippen LogP contribution in [0.2, 0.25) is 0 Å². The Balaban J connectivity index is 2.04. The number of aliphatic hydroxyl groups excluding tert-OH is 1. The van der Waals surface area contributed by atoms with Gasteiger partial charge in [0.1, 0.15) is 5.82 Å². The second-order valence-corrected chi connectivity index (χ2v) is 5.62. The van der Waals surface area contributed by atoms with Crippen molar-refractivity contribution in [2.45, 2.75) is 13.0 Å². The van der Waals surface area contributed by atoms with Crippen LogP contribution in [0.25, 0.3) is 11.0 Å². The van der Waals surface area contributed by atoms with Crippen LogP contribution in [0, 0.1) is 0 Å². The molecule has 1 aromatic heterocycles. The van der Waals surface area contributed by atoms with E-state index in [9.17, 15) is 5.11 Å². The smallest absolute Gasteiger partial charge is 0.112 e. The van der Waals surface area contributed by atoms with Gasteiger partial charge in [-0.15, -0.1) is 0 Å². The third-order valence-corrected chi connectivity index (χ3v) is 3.85. The number of rotatable bonds is 4. The molecule has 0 aliphatic rings. The van der Waals surface area contributed by atoms with E-state index in [-0.39, 0.29) is 6.61 Å². The molecule has 20 heavy (non-hydrogen) atoms. The van der Waals surface area contributed by atoms with Gasteiger partial charge in [-0.3, -0.25) is 0 Å². The summed E-state index contributed by atoms with van der Waals surface area (Å²) in [4.78, 5) is 4.61. The lowest BCUT2D eigenvalue weighted by molar-refractivity contribution is 0.295. The molecule has 0 fully saturated rings. The number of hydrogen-bond acceptors (Lipinski definition) is 2. The molecule has 0 spiro atoms. The number of halogens is 1. The van der Waals surface area contributed by atoms with Crippen LogP contribution in [0.4, 0.5) is 0 Å². The first kappa shape index (κ1) is 13.3. The van der Waals surface area contributed by atoms with Crippen molar-refractivity contribution in [2.24, 2.45) is 0 Å². The topological polar surface area (TPSA) is 38.1 Å². The summed E-state index contributed by atoms with van der Waals surface area (Å²) in [5.41, 5.74) is 3.31. The quantitative estimate of drug-likeness (QED) is 0.796. The summed E-state index contributed by atoms with van der Waals surface area (Å²) in [6.07, 6.45) is 0.575. The fourth-order valence-electron chi connectivity index (χ4n) is 2.37. The monoisotopic (exact) mass is 330 g/mol. The van der Waals surface area contributed by atoms with E-state index in [0.717, 1.165) is 27.9 Å². The van der Waals surface area contributed by atoms with E-state index in [0.29, 0.717) is 6.42 Å². The van der Waals surface area contributed by atoms with Crippen molar-refractivity contribution < 1.29 is 5.11 Å². The molecule has 0 aliphatic heterocycles. The second-order valence-electron chi connectivity index (χ2n) is 4.70. The van der Waals surface area contributed by atoms with Gasteiger partial charge in [0.2, 0.25) is 0 Å². The summed E-state index contributed by atoms with van der Waals surface area (Å²) in [7, 11) is 0. The zero-order chi connectivity index (χ0) is 13.9. The van der Waals surface area contributed by atoms with Crippen molar-refractivity contribution >= 4 is 27.0 Å². The average molecular weight is 331 g/mol. The molecule has 0 aliphatic carbocycles. The number of aromatic nitrogens is 2. The van der Waals surface area contributed by atoms with E-state index >= 15 is 0 Å². The Labute approximate surface area is 126 Å². The molecule has 0 unspecified atom stereocenters. The number of hydrogen-bond donors (Lipinski definition) is 1. The lowest BCUT2D eigenvalue weighted by atomic mass is 10.2. The van der Waals surface area contributed by atoms with Gasteiger partial charge in [-0.25, -0.2) is 4.98 Å². The highest BCUT2D eigenvalue weighted by Gasteiger charge is 2.10. The molecular formula is C16H15BrN2O. The molecule has 0 atom stereocenters. The van der Waals surface area contributed by atoms with Crippen molar-refractivity contribution in [3.05, 3.63) is 64.4 Å². The second kappa shape index (κ2) is 5.77. The standard InChI is InChI=1S/C16H15BrN2O/c17-13-7-5-12(6-8-13)11-19-15-4-2-1-3-14(15)18-16(19)9-10-20/h1-8,20H,9-11H2. The Hall–Kier alpha value is -1.65. The number of nitrogens with zero attached hydrogens (tertiary/aromatic N) is 2. The van der Waals surface area contributed by atoms with Crippen LogP contribution in [-0.4, -0.2) is 21.3 Å². The van der Waals surface area contributed by atoms with Gasteiger partial charge in [0, 0.05) is 17.4 Å². The zero-order valence-corrected chi connectivity index (χ0v) is 12.5. The Morgan fingerprint density at radius 1 is 1.05 bits per heavy atom. The third kappa shape index (κ3) is 2.62. The number of aliphatic hydroxyl groups is 1. The van der Waals surface area contributed by atoms with Gasteiger partial charge in [-0.2, -0.15) is 0 Å². The van der Waals surface area contributed by atoms with Gasteiger partial charge in [0.25, 0.3) is 0 Å². The molecule has 2 aromatic carbocycles. The Kier molecular flexibility index (Phi) is 3.85. The fourth-order valence-corrected chi connectivity index (χ4v) is 2.63. The lowest BCUT2D eigenvalue weighted by Crippen LogP contribution is -2.07. The highest BCUT2D eigenvalue weighted by molar-refractivity contribution is 9.10. The Morgan fingerprint density at radius 2 is 1.80 bits per heavy atom. The summed E-state index contributed by atoms with van der Waals surface area (Å²) in [6, 6.07) is 16.4. The van der Waals surface area contributed by atoms with Crippen LogP contribution in [0.5, 0.6) is 0 Å². The Bertz CT molecular complexity index is 719. The van der Waals surface area contributed by atoms with Crippen LogP contribution < -0.4 is 0 Å². The largest absolute Gasteiger partial charge is 0.396 e. The molecule has 0 saturated heterocycles. The van der Waals surface area contributed by atoms with Crippen LogP contribution in [-0.2, 0) is 13.0 Å². The molecular weight excluding hydrogens is 316 g/mol. The summed E-state index contributed by atoms with van der Waals surface area (Å²) in [5.74, 6) is 0.927. The minimum atomic E-state index is 0.115. The molecule has 3 aromatic rings. The highest BCUT2D eigenvalue weighted by Crippen LogP contribution is 2.19. The summed E-state index contributed by atoms with van der Waals surface area (Å²) < 4.78 is 3.25. The van der Waals surface area contributed by atoms with Gasteiger partial charge >= 0.3 is 0 Å². The molecule has 0 saturated carbocycles. The lowest BCUT2D eigenvalue weighted by Gasteiger charge is -2.09.